The highest BCUT2D eigenvalue weighted by Crippen LogP contribution is 2.27. The lowest BCUT2D eigenvalue weighted by Crippen LogP contribution is -2.25. The van der Waals surface area contributed by atoms with Crippen LogP contribution in [-0.2, 0) is 4.79 Å². The monoisotopic (exact) mass is 270 g/mol. The number of rotatable bonds is 6. The zero-order valence-corrected chi connectivity index (χ0v) is 11.7. The van der Waals surface area contributed by atoms with Crippen LogP contribution in [0.2, 0.25) is 5.02 Å². The van der Waals surface area contributed by atoms with Crippen LogP contribution in [0.3, 0.4) is 0 Å². The Morgan fingerprint density at radius 3 is 2.72 bits per heavy atom. The molecule has 0 saturated heterocycles. The molecule has 1 amide bonds. The summed E-state index contributed by atoms with van der Waals surface area (Å²) < 4.78 is 5.55. The number of halogens is 1. The van der Waals surface area contributed by atoms with Gasteiger partial charge in [-0.3, -0.25) is 4.79 Å². The van der Waals surface area contributed by atoms with Crippen molar-refractivity contribution in [1.29, 1.82) is 0 Å². The molecule has 0 fully saturated rings. The molecule has 0 atom stereocenters. The number of likely N-dealkylation sites (N-methyl/N-ethyl adjacent to an activating group) is 1. The second-order valence-corrected chi connectivity index (χ2v) is 4.84. The molecular formula is C13H19ClN2O2. The van der Waals surface area contributed by atoms with Gasteiger partial charge in [0.15, 0.2) is 0 Å². The summed E-state index contributed by atoms with van der Waals surface area (Å²) in [5.74, 6) is 0.970. The molecule has 0 radical (unpaired) electrons. The summed E-state index contributed by atoms with van der Waals surface area (Å²) in [6.07, 6.45) is 0. The van der Waals surface area contributed by atoms with Crippen LogP contribution in [0.5, 0.6) is 5.75 Å². The molecule has 5 heteroatoms. The van der Waals surface area contributed by atoms with E-state index in [-0.39, 0.29) is 12.5 Å². The number of hydrogen-bond acceptors (Lipinski definition) is 3. The van der Waals surface area contributed by atoms with E-state index >= 15 is 0 Å². The highest BCUT2D eigenvalue weighted by atomic mass is 35.5. The maximum Gasteiger partial charge on any atom is 0.238 e. The van der Waals surface area contributed by atoms with Gasteiger partial charge < -0.3 is 15.4 Å². The Kier molecular flexibility index (Phi) is 5.95. The summed E-state index contributed by atoms with van der Waals surface area (Å²) in [6.45, 7) is 5.02. The fraction of sp³-hybridized carbons (Fsp3) is 0.462. The fourth-order valence-electron chi connectivity index (χ4n) is 1.32. The molecule has 4 nitrogen and oxygen atoms in total. The first-order chi connectivity index (χ1) is 8.52. The van der Waals surface area contributed by atoms with Crippen molar-refractivity contribution < 1.29 is 9.53 Å². The van der Waals surface area contributed by atoms with E-state index in [9.17, 15) is 4.79 Å². The second-order valence-electron chi connectivity index (χ2n) is 4.43. The van der Waals surface area contributed by atoms with Gasteiger partial charge in [-0.15, -0.1) is 0 Å². The molecule has 0 aliphatic rings. The van der Waals surface area contributed by atoms with Gasteiger partial charge in [-0.25, -0.2) is 0 Å². The Morgan fingerprint density at radius 1 is 1.44 bits per heavy atom. The molecule has 18 heavy (non-hydrogen) atoms. The minimum absolute atomic E-state index is 0.107. The molecule has 0 bridgehead atoms. The van der Waals surface area contributed by atoms with Gasteiger partial charge in [0.1, 0.15) is 5.75 Å². The van der Waals surface area contributed by atoms with Crippen molar-refractivity contribution in [2.45, 2.75) is 13.8 Å². The van der Waals surface area contributed by atoms with Gasteiger partial charge in [0, 0.05) is 5.69 Å². The average molecular weight is 271 g/mol. The van der Waals surface area contributed by atoms with Crippen molar-refractivity contribution in [2.75, 3.05) is 25.5 Å². The average Bonchev–Trinajstić information content (AvgIpc) is 2.28. The zero-order chi connectivity index (χ0) is 13.5. The van der Waals surface area contributed by atoms with E-state index in [1.807, 2.05) is 0 Å². The number of ether oxygens (including phenoxy) is 1. The Hall–Kier alpha value is -1.26. The number of carbonyl (C=O) groups excluding carboxylic acids is 1. The summed E-state index contributed by atoms with van der Waals surface area (Å²) in [5, 5.41) is 6.01. The van der Waals surface area contributed by atoms with Gasteiger partial charge in [0.25, 0.3) is 0 Å². The third-order valence-corrected chi connectivity index (χ3v) is 2.42. The molecule has 100 valence electrons. The van der Waals surface area contributed by atoms with Crippen LogP contribution in [0.4, 0.5) is 5.69 Å². The van der Waals surface area contributed by atoms with E-state index < -0.39 is 0 Å². The van der Waals surface area contributed by atoms with Gasteiger partial charge in [-0.05, 0) is 31.2 Å². The summed E-state index contributed by atoms with van der Waals surface area (Å²) in [5.41, 5.74) is 0.664. The largest absolute Gasteiger partial charge is 0.492 e. The van der Waals surface area contributed by atoms with Crippen molar-refractivity contribution in [1.82, 2.24) is 5.32 Å². The number of nitrogens with one attached hydrogen (secondary N) is 2. The lowest BCUT2D eigenvalue weighted by molar-refractivity contribution is -0.115. The molecule has 0 spiro atoms. The predicted octanol–water partition coefficient (Wildman–Crippen LogP) is 2.53. The molecule has 1 rings (SSSR count). The normalized spacial score (nSPS) is 10.5. The maximum atomic E-state index is 11.4. The number of carbonyl (C=O) groups is 1. The molecule has 0 unspecified atom stereocenters. The van der Waals surface area contributed by atoms with E-state index in [0.29, 0.717) is 29.0 Å². The standard InChI is InChI=1S/C13H19ClN2O2/c1-9(2)8-18-12-5-4-10(6-11(12)14)16-13(17)7-15-3/h4-6,9,15H,7-8H2,1-3H3,(H,16,17). The SMILES string of the molecule is CNCC(=O)Nc1ccc(OCC(C)C)c(Cl)c1. The van der Waals surface area contributed by atoms with Crippen LogP contribution >= 0.6 is 11.6 Å². The summed E-state index contributed by atoms with van der Waals surface area (Å²) in [4.78, 5) is 11.4. The highest BCUT2D eigenvalue weighted by Gasteiger charge is 2.06. The molecule has 0 aliphatic heterocycles. The molecule has 0 aliphatic carbocycles. The summed E-state index contributed by atoms with van der Waals surface area (Å²) >= 11 is 6.08. The van der Waals surface area contributed by atoms with Gasteiger partial charge in [-0.1, -0.05) is 25.4 Å². The van der Waals surface area contributed by atoms with Gasteiger partial charge in [0.2, 0.25) is 5.91 Å². The Bertz CT molecular complexity index is 408. The first-order valence-electron chi connectivity index (χ1n) is 5.89. The smallest absolute Gasteiger partial charge is 0.238 e. The third-order valence-electron chi connectivity index (χ3n) is 2.13. The van der Waals surface area contributed by atoms with E-state index in [2.05, 4.69) is 24.5 Å². The number of hydrogen-bond donors (Lipinski definition) is 2. The summed E-state index contributed by atoms with van der Waals surface area (Å²) in [7, 11) is 1.72. The van der Waals surface area contributed by atoms with Crippen molar-refractivity contribution in [3.63, 3.8) is 0 Å². The molecule has 0 aromatic heterocycles. The fourth-order valence-corrected chi connectivity index (χ4v) is 1.55. The second kappa shape index (κ2) is 7.24. The molecular weight excluding hydrogens is 252 g/mol. The first kappa shape index (κ1) is 14.8. The van der Waals surface area contributed by atoms with E-state index in [4.69, 9.17) is 16.3 Å². The Balaban J connectivity index is 2.64. The van der Waals surface area contributed by atoms with Crippen LogP contribution < -0.4 is 15.4 Å². The molecule has 2 N–H and O–H groups in total. The van der Waals surface area contributed by atoms with Crippen LogP contribution in [0.1, 0.15) is 13.8 Å². The van der Waals surface area contributed by atoms with E-state index in [1.165, 1.54) is 0 Å². The van der Waals surface area contributed by atoms with Gasteiger partial charge in [-0.2, -0.15) is 0 Å². The maximum absolute atomic E-state index is 11.4. The van der Waals surface area contributed by atoms with Crippen LogP contribution in [0.15, 0.2) is 18.2 Å². The van der Waals surface area contributed by atoms with Crippen LogP contribution in [0.25, 0.3) is 0 Å². The van der Waals surface area contributed by atoms with E-state index in [1.54, 1.807) is 25.2 Å². The van der Waals surface area contributed by atoms with E-state index in [0.717, 1.165) is 0 Å². The minimum atomic E-state index is -0.107. The quantitative estimate of drug-likeness (QED) is 0.835. The lowest BCUT2D eigenvalue weighted by Gasteiger charge is -2.11. The third kappa shape index (κ3) is 4.94. The lowest BCUT2D eigenvalue weighted by atomic mass is 10.2. The number of anilines is 1. The zero-order valence-electron chi connectivity index (χ0n) is 10.9. The van der Waals surface area contributed by atoms with Crippen molar-refractivity contribution >= 4 is 23.2 Å². The van der Waals surface area contributed by atoms with Crippen molar-refractivity contribution in [3.05, 3.63) is 23.2 Å². The topological polar surface area (TPSA) is 50.4 Å². The van der Waals surface area contributed by atoms with Gasteiger partial charge >= 0.3 is 0 Å². The Labute approximate surface area is 113 Å². The van der Waals surface area contributed by atoms with Crippen LogP contribution in [0, 0.1) is 5.92 Å². The minimum Gasteiger partial charge on any atom is -0.492 e. The number of benzene rings is 1. The predicted molar refractivity (Wildman–Crippen MR) is 74.3 cm³/mol. The highest BCUT2D eigenvalue weighted by molar-refractivity contribution is 6.32. The first-order valence-corrected chi connectivity index (χ1v) is 6.27. The molecule has 1 aromatic rings. The molecule has 0 saturated carbocycles. The molecule has 1 aromatic carbocycles. The van der Waals surface area contributed by atoms with Crippen molar-refractivity contribution in [2.24, 2.45) is 5.92 Å². The Morgan fingerprint density at radius 2 is 2.17 bits per heavy atom. The molecule has 0 heterocycles. The summed E-state index contributed by atoms with van der Waals surface area (Å²) in [6, 6.07) is 5.22. The van der Waals surface area contributed by atoms with Crippen molar-refractivity contribution in [3.8, 4) is 5.75 Å². The van der Waals surface area contributed by atoms with Gasteiger partial charge in [0.05, 0.1) is 18.2 Å². The number of amides is 1. The van der Waals surface area contributed by atoms with Crippen LogP contribution in [-0.4, -0.2) is 26.1 Å².